The second kappa shape index (κ2) is 14.7. The van der Waals surface area contributed by atoms with Gasteiger partial charge in [0.25, 0.3) is 5.91 Å². The first-order valence-corrected chi connectivity index (χ1v) is 14.4. The number of rotatable bonds is 14. The van der Waals surface area contributed by atoms with E-state index < -0.39 is 54.9 Å². The van der Waals surface area contributed by atoms with Gasteiger partial charge in [-0.15, -0.1) is 0 Å². The number of aliphatic carboxylic acids is 3. The first kappa shape index (κ1) is 32.9. The van der Waals surface area contributed by atoms with Crippen molar-refractivity contribution in [2.45, 2.75) is 50.5 Å². The molecule has 3 atom stereocenters. The Kier molecular flexibility index (Phi) is 10.7. The molecule has 1 fully saturated rings. The van der Waals surface area contributed by atoms with E-state index in [1.165, 1.54) is 0 Å². The second-order valence-electron chi connectivity index (χ2n) is 10.6. The van der Waals surface area contributed by atoms with E-state index in [2.05, 4.69) is 0 Å². The van der Waals surface area contributed by atoms with Crippen LogP contribution < -0.4 is 4.74 Å². The molecule has 11 nitrogen and oxygen atoms in total. The molecule has 0 radical (unpaired) electrons. The number of allylic oxidation sites excluding steroid dienone is 1. The SMILES string of the molecule is CC=Cc1cccc(Oc2ccc(C(CCc3ccccc3)C(C)N(CC(=O)O)C(=O)C3COC(C(=O)O)(C(=O)O)O3)cc2)c1. The number of carboxylic acids is 3. The lowest BCUT2D eigenvalue weighted by Crippen LogP contribution is -2.52. The Bertz CT molecular complexity index is 1520. The predicted molar refractivity (Wildman–Crippen MR) is 163 cm³/mol. The molecule has 236 valence electrons. The Morgan fingerprint density at radius 3 is 2.24 bits per heavy atom. The molecule has 0 spiro atoms. The van der Waals surface area contributed by atoms with Crippen molar-refractivity contribution >= 4 is 29.9 Å². The average molecular weight is 618 g/mol. The predicted octanol–water partition coefficient (Wildman–Crippen LogP) is 4.81. The summed E-state index contributed by atoms with van der Waals surface area (Å²) >= 11 is 0. The van der Waals surface area contributed by atoms with Gasteiger partial charge in [-0.3, -0.25) is 9.59 Å². The molecule has 3 aromatic rings. The Hall–Kier alpha value is -5.00. The monoisotopic (exact) mass is 617 g/mol. The molecule has 0 aromatic heterocycles. The lowest BCUT2D eigenvalue weighted by molar-refractivity contribution is -0.218. The number of hydrogen-bond donors (Lipinski definition) is 3. The smallest absolute Gasteiger partial charge is 0.377 e. The van der Waals surface area contributed by atoms with Gasteiger partial charge in [0.15, 0.2) is 6.10 Å². The number of hydrogen-bond acceptors (Lipinski definition) is 7. The summed E-state index contributed by atoms with van der Waals surface area (Å²) < 4.78 is 16.1. The summed E-state index contributed by atoms with van der Waals surface area (Å²) in [6.07, 6.45) is 3.40. The maximum absolute atomic E-state index is 13.6. The highest BCUT2D eigenvalue weighted by Crippen LogP contribution is 2.33. The van der Waals surface area contributed by atoms with Crippen molar-refractivity contribution in [3.63, 3.8) is 0 Å². The van der Waals surface area contributed by atoms with E-state index in [0.717, 1.165) is 21.6 Å². The van der Waals surface area contributed by atoms with Crippen LogP contribution in [0.3, 0.4) is 0 Å². The fraction of sp³-hybridized carbons (Fsp3) is 0.294. The summed E-state index contributed by atoms with van der Waals surface area (Å²) in [4.78, 5) is 49.9. The van der Waals surface area contributed by atoms with Crippen molar-refractivity contribution in [2.24, 2.45) is 0 Å². The van der Waals surface area contributed by atoms with Gasteiger partial charge in [0.05, 0.1) is 6.61 Å². The molecule has 45 heavy (non-hydrogen) atoms. The van der Waals surface area contributed by atoms with Gasteiger partial charge in [-0.2, -0.15) is 0 Å². The molecule has 1 aliphatic heterocycles. The molecule has 0 bridgehead atoms. The van der Waals surface area contributed by atoms with Crippen LogP contribution in [-0.2, 0) is 35.1 Å². The Morgan fingerprint density at radius 2 is 1.64 bits per heavy atom. The number of amides is 1. The second-order valence-corrected chi connectivity index (χ2v) is 10.6. The van der Waals surface area contributed by atoms with Crippen LogP contribution >= 0.6 is 0 Å². The van der Waals surface area contributed by atoms with E-state index in [-0.39, 0.29) is 5.92 Å². The van der Waals surface area contributed by atoms with Crippen LogP contribution in [0.1, 0.15) is 42.9 Å². The molecule has 1 saturated heterocycles. The number of carbonyl (C=O) groups is 4. The standard InChI is InChI=1S/C34H35NO10/c1-3-8-24-11-7-12-27(19-24)44-26-16-14-25(15-17-26)28(18-13-23-9-5-4-6-10-23)22(2)35(20-30(36)37)31(38)29-21-43-34(45-29,32(39)40)33(41)42/h3-12,14-17,19,22,28-29H,13,18,20-21H2,1-2H3,(H,36,37)(H,39,40)(H,41,42). The van der Waals surface area contributed by atoms with Gasteiger partial charge in [-0.25, -0.2) is 9.59 Å². The highest BCUT2D eigenvalue weighted by molar-refractivity contribution is 6.01. The van der Waals surface area contributed by atoms with Crippen LogP contribution in [0, 0.1) is 0 Å². The zero-order chi connectivity index (χ0) is 32.6. The topological polar surface area (TPSA) is 160 Å². The van der Waals surface area contributed by atoms with Crippen LogP contribution in [-0.4, -0.2) is 75.1 Å². The van der Waals surface area contributed by atoms with Crippen LogP contribution in [0.2, 0.25) is 0 Å². The third-order valence-electron chi connectivity index (χ3n) is 7.60. The third kappa shape index (κ3) is 7.94. The molecule has 0 saturated carbocycles. The Labute approximate surface area is 260 Å². The average Bonchev–Trinajstić information content (AvgIpc) is 3.49. The zero-order valence-electron chi connectivity index (χ0n) is 24.9. The van der Waals surface area contributed by atoms with Crippen molar-refractivity contribution in [3.05, 3.63) is 102 Å². The van der Waals surface area contributed by atoms with Gasteiger partial charge < -0.3 is 34.4 Å². The maximum Gasteiger partial charge on any atom is 0.377 e. The lowest BCUT2D eigenvalue weighted by Gasteiger charge is -2.35. The van der Waals surface area contributed by atoms with E-state index in [0.29, 0.717) is 24.3 Å². The van der Waals surface area contributed by atoms with E-state index in [1.54, 1.807) is 19.1 Å². The molecule has 4 rings (SSSR count). The third-order valence-corrected chi connectivity index (χ3v) is 7.60. The van der Waals surface area contributed by atoms with E-state index in [4.69, 9.17) is 14.2 Å². The minimum absolute atomic E-state index is 0.383. The molecule has 1 amide bonds. The van der Waals surface area contributed by atoms with Crippen molar-refractivity contribution in [1.82, 2.24) is 4.90 Å². The molecule has 3 N–H and O–H groups in total. The summed E-state index contributed by atoms with van der Waals surface area (Å²) in [5, 5.41) is 28.6. The molecular weight excluding hydrogens is 582 g/mol. The number of aryl methyl sites for hydroxylation is 1. The van der Waals surface area contributed by atoms with Crippen LogP contribution in [0.25, 0.3) is 6.08 Å². The summed E-state index contributed by atoms with van der Waals surface area (Å²) in [5.74, 6) is -8.26. The van der Waals surface area contributed by atoms with E-state index >= 15 is 0 Å². The van der Waals surface area contributed by atoms with Crippen molar-refractivity contribution < 1.29 is 48.7 Å². The summed E-state index contributed by atoms with van der Waals surface area (Å²) in [6, 6.07) is 23.9. The molecule has 3 unspecified atom stereocenters. The fourth-order valence-electron chi connectivity index (χ4n) is 5.32. The minimum atomic E-state index is -3.06. The van der Waals surface area contributed by atoms with Crippen LogP contribution in [0.15, 0.2) is 84.9 Å². The highest BCUT2D eigenvalue weighted by atomic mass is 16.8. The van der Waals surface area contributed by atoms with Gasteiger partial charge in [0.2, 0.25) is 0 Å². The summed E-state index contributed by atoms with van der Waals surface area (Å²) in [5.41, 5.74) is 2.85. The van der Waals surface area contributed by atoms with Crippen molar-refractivity contribution in [1.29, 1.82) is 0 Å². The molecule has 11 heteroatoms. The summed E-state index contributed by atoms with van der Waals surface area (Å²) in [6.45, 7) is 2.24. The van der Waals surface area contributed by atoms with Gasteiger partial charge in [-0.1, -0.05) is 66.7 Å². The molecule has 1 heterocycles. The fourth-order valence-corrected chi connectivity index (χ4v) is 5.32. The quantitative estimate of drug-likeness (QED) is 0.214. The number of ether oxygens (including phenoxy) is 3. The van der Waals surface area contributed by atoms with Gasteiger partial charge in [-0.05, 0) is 67.6 Å². The van der Waals surface area contributed by atoms with E-state index in [1.807, 2.05) is 85.8 Å². The molecular formula is C34H35NO10. The number of benzene rings is 3. The number of nitrogens with zero attached hydrogens (tertiary/aromatic N) is 1. The number of carboxylic acid groups (broad SMARTS) is 3. The first-order valence-electron chi connectivity index (χ1n) is 14.4. The lowest BCUT2D eigenvalue weighted by atomic mass is 9.85. The van der Waals surface area contributed by atoms with Gasteiger partial charge >= 0.3 is 23.7 Å². The normalized spacial score (nSPS) is 17.0. The van der Waals surface area contributed by atoms with Crippen LogP contribution in [0.4, 0.5) is 0 Å². The van der Waals surface area contributed by atoms with Crippen molar-refractivity contribution in [2.75, 3.05) is 13.2 Å². The Morgan fingerprint density at radius 1 is 0.956 bits per heavy atom. The van der Waals surface area contributed by atoms with Crippen molar-refractivity contribution in [3.8, 4) is 11.5 Å². The number of carbonyl (C=O) groups excluding carboxylic acids is 1. The first-order chi connectivity index (χ1) is 21.5. The molecule has 0 aliphatic carbocycles. The molecule has 3 aromatic carbocycles. The Balaban J connectivity index is 1.62. The molecule has 1 aliphatic rings. The minimum Gasteiger partial charge on any atom is -0.480 e. The highest BCUT2D eigenvalue weighted by Gasteiger charge is 2.58. The largest absolute Gasteiger partial charge is 0.480 e. The van der Waals surface area contributed by atoms with E-state index in [9.17, 15) is 34.5 Å². The van der Waals surface area contributed by atoms with Crippen LogP contribution in [0.5, 0.6) is 11.5 Å². The van der Waals surface area contributed by atoms with Gasteiger partial charge in [0.1, 0.15) is 18.0 Å². The summed E-state index contributed by atoms with van der Waals surface area (Å²) in [7, 11) is 0. The maximum atomic E-state index is 13.6. The van der Waals surface area contributed by atoms with Gasteiger partial charge in [0, 0.05) is 12.0 Å². The zero-order valence-corrected chi connectivity index (χ0v) is 24.9.